The van der Waals surface area contributed by atoms with Gasteiger partial charge in [0.25, 0.3) is 0 Å². The lowest BCUT2D eigenvalue weighted by Crippen LogP contribution is -2.15. The zero-order chi connectivity index (χ0) is 20.4. The minimum atomic E-state index is -0.415. The monoisotopic (exact) mass is 399 g/mol. The van der Waals surface area contributed by atoms with Crippen LogP contribution in [0.5, 0.6) is 11.5 Å². The molecule has 0 aliphatic carbocycles. The molecule has 0 fully saturated rings. The molecule has 0 atom stereocenters. The second-order valence-electron chi connectivity index (χ2n) is 5.73. The van der Waals surface area contributed by atoms with Gasteiger partial charge in [0.05, 0.1) is 36.8 Å². The van der Waals surface area contributed by atoms with Crippen molar-refractivity contribution in [3.63, 3.8) is 0 Å². The molecule has 0 aromatic heterocycles. The number of primary amides is 1. The largest absolute Gasteiger partial charge is 0.493 e. The minimum absolute atomic E-state index is 0.146. The van der Waals surface area contributed by atoms with Gasteiger partial charge in [-0.2, -0.15) is 5.26 Å². The second kappa shape index (κ2) is 10.8. The van der Waals surface area contributed by atoms with Crippen LogP contribution in [0.2, 0.25) is 0 Å². The van der Waals surface area contributed by atoms with E-state index in [2.05, 4.69) is 5.32 Å². The van der Waals surface area contributed by atoms with Crippen LogP contribution in [0.3, 0.4) is 0 Å². The summed E-state index contributed by atoms with van der Waals surface area (Å²) < 4.78 is 10.9. The molecule has 0 bridgehead atoms. The molecule has 0 aliphatic heterocycles. The highest BCUT2D eigenvalue weighted by atomic mass is 32.2. The van der Waals surface area contributed by atoms with E-state index in [0.717, 1.165) is 4.90 Å². The maximum absolute atomic E-state index is 12.2. The third kappa shape index (κ3) is 6.52. The molecule has 2 amide bonds. The molecule has 0 saturated heterocycles. The number of amides is 2. The normalized spacial score (nSPS) is 10.0. The average Bonchev–Trinajstić information content (AvgIpc) is 2.70. The number of para-hydroxylation sites is 1. The fourth-order valence-electron chi connectivity index (χ4n) is 2.33. The van der Waals surface area contributed by atoms with Gasteiger partial charge in [0, 0.05) is 17.4 Å². The van der Waals surface area contributed by atoms with Crippen molar-refractivity contribution in [2.75, 3.05) is 24.8 Å². The van der Waals surface area contributed by atoms with E-state index in [1.165, 1.54) is 18.9 Å². The minimum Gasteiger partial charge on any atom is -0.493 e. The van der Waals surface area contributed by atoms with Gasteiger partial charge in [-0.3, -0.25) is 9.59 Å². The summed E-state index contributed by atoms with van der Waals surface area (Å²) in [6.45, 7) is 0.327. The summed E-state index contributed by atoms with van der Waals surface area (Å²) in [7, 11) is 1.50. The Labute approximate surface area is 167 Å². The molecule has 2 rings (SSSR count). The smallest absolute Gasteiger partial charge is 0.227 e. The van der Waals surface area contributed by atoms with Gasteiger partial charge in [0.15, 0.2) is 11.5 Å². The number of hydrogen-bond acceptors (Lipinski definition) is 6. The number of methoxy groups -OCH3 is 1. The molecule has 0 radical (unpaired) electrons. The Morgan fingerprint density at radius 1 is 1.21 bits per heavy atom. The first-order valence-corrected chi connectivity index (χ1v) is 9.53. The fraction of sp³-hybridized carbons (Fsp3) is 0.250. The van der Waals surface area contributed by atoms with Crippen LogP contribution in [-0.2, 0) is 9.59 Å². The summed E-state index contributed by atoms with van der Waals surface area (Å²) in [6.07, 6.45) is 0.777. The molecule has 0 heterocycles. The quantitative estimate of drug-likeness (QED) is 0.469. The van der Waals surface area contributed by atoms with Crippen molar-refractivity contribution < 1.29 is 19.1 Å². The Bertz CT molecular complexity index is 880. The first-order valence-electron chi connectivity index (χ1n) is 8.54. The Kier molecular flexibility index (Phi) is 8.18. The first kappa shape index (κ1) is 21.1. The molecular formula is C20H21N3O4S. The Morgan fingerprint density at radius 3 is 2.71 bits per heavy atom. The number of nitriles is 1. The van der Waals surface area contributed by atoms with Gasteiger partial charge >= 0.3 is 0 Å². The van der Waals surface area contributed by atoms with Crippen molar-refractivity contribution in [3.05, 3.63) is 48.0 Å². The van der Waals surface area contributed by atoms with Gasteiger partial charge in [-0.15, -0.1) is 11.8 Å². The van der Waals surface area contributed by atoms with Crippen molar-refractivity contribution in [1.29, 1.82) is 5.26 Å². The number of hydrogen-bond donors (Lipinski definition) is 2. The van der Waals surface area contributed by atoms with Crippen LogP contribution in [0.1, 0.15) is 18.4 Å². The van der Waals surface area contributed by atoms with Gasteiger partial charge in [-0.05, 0) is 30.7 Å². The summed E-state index contributed by atoms with van der Waals surface area (Å²) in [6, 6.07) is 14.2. The molecule has 146 valence electrons. The van der Waals surface area contributed by atoms with Gasteiger partial charge in [-0.25, -0.2) is 0 Å². The predicted octanol–water partition coefficient (Wildman–Crippen LogP) is 2.94. The lowest BCUT2D eigenvalue weighted by atomic mass is 10.2. The molecule has 0 unspecified atom stereocenters. The van der Waals surface area contributed by atoms with Crippen LogP contribution in [0.4, 0.5) is 5.69 Å². The molecule has 8 heteroatoms. The SMILES string of the molecule is COc1cc(C#N)ccc1OCCCC(=O)Nc1ccccc1SCC(N)=O. The van der Waals surface area contributed by atoms with E-state index >= 15 is 0 Å². The van der Waals surface area contributed by atoms with Crippen molar-refractivity contribution in [2.45, 2.75) is 17.7 Å². The number of rotatable bonds is 10. The highest BCUT2D eigenvalue weighted by Gasteiger charge is 2.09. The van der Waals surface area contributed by atoms with E-state index in [1.807, 2.05) is 24.3 Å². The number of nitrogens with zero attached hydrogens (tertiary/aromatic N) is 1. The molecule has 2 aromatic carbocycles. The molecule has 7 nitrogen and oxygen atoms in total. The summed E-state index contributed by atoms with van der Waals surface area (Å²) in [5.74, 6) is 0.579. The highest BCUT2D eigenvalue weighted by molar-refractivity contribution is 8.00. The number of ether oxygens (including phenoxy) is 2. The third-order valence-electron chi connectivity index (χ3n) is 3.63. The number of nitrogens with one attached hydrogen (secondary N) is 1. The average molecular weight is 399 g/mol. The molecular weight excluding hydrogens is 378 g/mol. The Hall–Kier alpha value is -3.18. The Morgan fingerprint density at radius 2 is 2.00 bits per heavy atom. The molecule has 3 N–H and O–H groups in total. The van der Waals surface area contributed by atoms with E-state index in [1.54, 1.807) is 24.3 Å². The predicted molar refractivity (Wildman–Crippen MR) is 107 cm³/mol. The lowest BCUT2D eigenvalue weighted by molar-refractivity contribution is -0.116. The molecule has 2 aromatic rings. The topological polar surface area (TPSA) is 114 Å². The number of anilines is 1. The van der Waals surface area contributed by atoms with E-state index in [4.69, 9.17) is 20.5 Å². The van der Waals surface area contributed by atoms with Crippen molar-refractivity contribution in [2.24, 2.45) is 5.73 Å². The van der Waals surface area contributed by atoms with Crippen LogP contribution < -0.4 is 20.5 Å². The number of carbonyl (C=O) groups excluding carboxylic acids is 2. The van der Waals surface area contributed by atoms with E-state index in [-0.39, 0.29) is 18.1 Å². The molecule has 0 aliphatic rings. The maximum Gasteiger partial charge on any atom is 0.227 e. The first-order chi connectivity index (χ1) is 13.5. The van der Waals surface area contributed by atoms with Crippen LogP contribution in [0.25, 0.3) is 0 Å². The summed E-state index contributed by atoms with van der Waals surface area (Å²) in [4.78, 5) is 23.9. The number of nitrogens with two attached hydrogens (primary N) is 1. The van der Waals surface area contributed by atoms with Crippen LogP contribution in [0.15, 0.2) is 47.4 Å². The van der Waals surface area contributed by atoms with Gasteiger partial charge in [0.2, 0.25) is 11.8 Å². The molecule has 28 heavy (non-hydrogen) atoms. The van der Waals surface area contributed by atoms with Crippen LogP contribution >= 0.6 is 11.8 Å². The summed E-state index contributed by atoms with van der Waals surface area (Å²) in [5.41, 5.74) is 6.30. The van der Waals surface area contributed by atoms with Crippen molar-refractivity contribution in [1.82, 2.24) is 0 Å². The van der Waals surface area contributed by atoms with Gasteiger partial charge < -0.3 is 20.5 Å². The highest BCUT2D eigenvalue weighted by Crippen LogP contribution is 2.28. The number of carbonyl (C=O) groups is 2. The standard InChI is InChI=1S/C20H21N3O4S/c1-26-17-11-14(12-21)8-9-16(17)27-10-4-7-20(25)23-15-5-2-3-6-18(15)28-13-19(22)24/h2-3,5-6,8-9,11H,4,7,10,13H2,1H3,(H2,22,24)(H,23,25). The van der Waals surface area contributed by atoms with Gasteiger partial charge in [-0.1, -0.05) is 12.1 Å². The van der Waals surface area contributed by atoms with E-state index < -0.39 is 5.91 Å². The van der Waals surface area contributed by atoms with Crippen LogP contribution in [-0.4, -0.2) is 31.3 Å². The Balaban J connectivity index is 1.82. The maximum atomic E-state index is 12.2. The zero-order valence-electron chi connectivity index (χ0n) is 15.4. The number of benzene rings is 2. The fourth-order valence-corrected chi connectivity index (χ4v) is 3.08. The van der Waals surface area contributed by atoms with Crippen molar-refractivity contribution in [3.8, 4) is 17.6 Å². The van der Waals surface area contributed by atoms with Gasteiger partial charge in [0.1, 0.15) is 0 Å². The van der Waals surface area contributed by atoms with E-state index in [9.17, 15) is 9.59 Å². The van der Waals surface area contributed by atoms with E-state index in [0.29, 0.717) is 35.8 Å². The summed E-state index contributed by atoms with van der Waals surface area (Å²) in [5, 5.41) is 11.8. The second-order valence-corrected chi connectivity index (χ2v) is 6.75. The van der Waals surface area contributed by atoms with Crippen molar-refractivity contribution >= 4 is 29.3 Å². The van der Waals surface area contributed by atoms with Crippen LogP contribution in [0, 0.1) is 11.3 Å². The molecule has 0 spiro atoms. The lowest BCUT2D eigenvalue weighted by Gasteiger charge is -2.12. The zero-order valence-corrected chi connectivity index (χ0v) is 16.3. The summed E-state index contributed by atoms with van der Waals surface area (Å²) >= 11 is 1.28. The third-order valence-corrected chi connectivity index (χ3v) is 4.73. The molecule has 0 saturated carbocycles. The number of thioether (sulfide) groups is 1.